The summed E-state index contributed by atoms with van der Waals surface area (Å²) in [6, 6.07) is 10.2. The van der Waals surface area contributed by atoms with E-state index in [2.05, 4.69) is 4.90 Å². The van der Waals surface area contributed by atoms with E-state index in [1.54, 1.807) is 17.0 Å². The van der Waals surface area contributed by atoms with Gasteiger partial charge in [-0.1, -0.05) is 35.3 Å². The number of carbonyl (C=O) groups is 1. The number of amides is 1. The minimum atomic E-state index is -4.59. The van der Waals surface area contributed by atoms with Crippen molar-refractivity contribution in [1.29, 1.82) is 0 Å². The second-order valence-corrected chi connectivity index (χ2v) is 9.40. The molecule has 10 heteroatoms. The Morgan fingerprint density at radius 2 is 1.62 bits per heavy atom. The van der Waals surface area contributed by atoms with Gasteiger partial charge in [0.25, 0.3) is 5.91 Å². The molecule has 5 nitrogen and oxygen atoms in total. The van der Waals surface area contributed by atoms with E-state index >= 15 is 0 Å². The van der Waals surface area contributed by atoms with Crippen LogP contribution in [-0.2, 0) is 16.4 Å². The van der Waals surface area contributed by atoms with E-state index in [1.165, 1.54) is 30.3 Å². The molecule has 0 aliphatic carbocycles. The van der Waals surface area contributed by atoms with Gasteiger partial charge in [-0.25, -0.2) is 8.42 Å². The molecule has 0 unspecified atom stereocenters. The quantitative estimate of drug-likeness (QED) is 0.674. The lowest BCUT2D eigenvalue weighted by Crippen LogP contribution is -2.48. The normalized spacial score (nSPS) is 15.7. The molecule has 2 aromatic carbocycles. The summed E-state index contributed by atoms with van der Waals surface area (Å²) >= 11 is 12.0. The molecule has 3 rings (SSSR count). The fourth-order valence-corrected chi connectivity index (χ4v) is 4.30. The van der Waals surface area contributed by atoms with E-state index in [4.69, 9.17) is 23.2 Å². The largest absolute Gasteiger partial charge is 0.341 e. The standard InChI is InChI=1S/C19H18Cl2F2N2O3S/c20-14-3-6-16(17(21)11-14)18(26)25-9-7-24(8-10-25)12-13-1-4-15(5-2-13)29(27,28)19(22)23/h1-6,11,19H,7-10,12H2. The molecule has 0 bridgehead atoms. The Hall–Kier alpha value is -1.74. The number of carbonyl (C=O) groups excluding carboxylic acids is 1. The maximum Gasteiger partial charge on any atom is 0.341 e. The average Bonchev–Trinajstić information content (AvgIpc) is 2.68. The molecule has 1 aliphatic heterocycles. The highest BCUT2D eigenvalue weighted by molar-refractivity contribution is 7.91. The van der Waals surface area contributed by atoms with Crippen molar-refractivity contribution < 1.29 is 22.0 Å². The predicted molar refractivity (Wildman–Crippen MR) is 107 cm³/mol. The number of nitrogens with zero attached hydrogens (tertiary/aromatic N) is 2. The van der Waals surface area contributed by atoms with Crippen LogP contribution >= 0.6 is 23.2 Å². The van der Waals surface area contributed by atoms with Gasteiger partial charge in [0.05, 0.1) is 15.5 Å². The van der Waals surface area contributed by atoms with Crippen LogP contribution in [0.25, 0.3) is 0 Å². The summed E-state index contributed by atoms with van der Waals surface area (Å²) in [6.07, 6.45) is 0. The third-order valence-electron chi connectivity index (χ3n) is 4.71. The van der Waals surface area contributed by atoms with E-state index in [0.29, 0.717) is 48.3 Å². The molecule has 2 aromatic rings. The summed E-state index contributed by atoms with van der Waals surface area (Å²) in [6.45, 7) is 2.78. The number of sulfone groups is 1. The number of alkyl halides is 2. The van der Waals surface area contributed by atoms with E-state index in [0.717, 1.165) is 5.56 Å². The van der Waals surface area contributed by atoms with Crippen LogP contribution in [0, 0.1) is 0 Å². The summed E-state index contributed by atoms with van der Waals surface area (Å²) in [7, 11) is -4.59. The van der Waals surface area contributed by atoms with E-state index in [-0.39, 0.29) is 5.91 Å². The van der Waals surface area contributed by atoms with Crippen LogP contribution < -0.4 is 0 Å². The summed E-state index contributed by atoms with van der Waals surface area (Å²) < 4.78 is 48.2. The zero-order valence-electron chi connectivity index (χ0n) is 15.2. The SMILES string of the molecule is O=C(c1ccc(Cl)cc1Cl)N1CCN(Cc2ccc(S(=O)(=O)C(F)F)cc2)CC1. The molecular formula is C19H18Cl2F2N2O3S. The molecule has 1 saturated heterocycles. The Labute approximate surface area is 177 Å². The molecule has 0 radical (unpaired) electrons. The van der Waals surface area contributed by atoms with Gasteiger partial charge in [0.15, 0.2) is 0 Å². The number of rotatable bonds is 5. The van der Waals surface area contributed by atoms with Gasteiger partial charge in [-0.2, -0.15) is 8.78 Å². The van der Waals surface area contributed by atoms with Crippen LogP contribution in [0.15, 0.2) is 47.4 Å². The first kappa shape index (κ1) is 22.0. The lowest BCUT2D eigenvalue weighted by atomic mass is 10.1. The van der Waals surface area contributed by atoms with Crippen molar-refractivity contribution in [3.8, 4) is 0 Å². The summed E-state index contributed by atoms with van der Waals surface area (Å²) in [5.41, 5.74) is 1.21. The van der Waals surface area contributed by atoms with E-state index in [9.17, 15) is 22.0 Å². The van der Waals surface area contributed by atoms with Crippen LogP contribution in [-0.4, -0.2) is 56.1 Å². The first-order valence-electron chi connectivity index (χ1n) is 8.76. The molecule has 1 heterocycles. The molecule has 0 aromatic heterocycles. The highest BCUT2D eigenvalue weighted by atomic mass is 35.5. The van der Waals surface area contributed by atoms with Crippen molar-refractivity contribution in [2.75, 3.05) is 26.2 Å². The lowest BCUT2D eigenvalue weighted by molar-refractivity contribution is 0.0628. The second-order valence-electron chi connectivity index (χ2n) is 6.64. The number of hydrogen-bond donors (Lipinski definition) is 0. The minimum Gasteiger partial charge on any atom is -0.336 e. The molecule has 0 atom stereocenters. The van der Waals surface area contributed by atoms with Crippen molar-refractivity contribution in [3.05, 3.63) is 63.6 Å². The van der Waals surface area contributed by atoms with Crippen molar-refractivity contribution >= 4 is 38.9 Å². The fourth-order valence-electron chi connectivity index (χ4n) is 3.09. The van der Waals surface area contributed by atoms with Crippen molar-refractivity contribution in [3.63, 3.8) is 0 Å². The van der Waals surface area contributed by atoms with Gasteiger partial charge in [-0.05, 0) is 35.9 Å². The topological polar surface area (TPSA) is 57.7 Å². The van der Waals surface area contributed by atoms with Crippen LogP contribution in [0.1, 0.15) is 15.9 Å². The third-order valence-corrected chi connectivity index (χ3v) is 6.66. The number of piperazine rings is 1. The average molecular weight is 463 g/mol. The van der Waals surface area contributed by atoms with Gasteiger partial charge < -0.3 is 4.90 Å². The van der Waals surface area contributed by atoms with Gasteiger partial charge in [0.2, 0.25) is 9.84 Å². The lowest BCUT2D eigenvalue weighted by Gasteiger charge is -2.35. The van der Waals surface area contributed by atoms with Crippen molar-refractivity contribution in [2.45, 2.75) is 17.2 Å². The molecule has 156 valence electrons. The molecule has 0 N–H and O–H groups in total. The Bertz CT molecular complexity index is 993. The third kappa shape index (κ3) is 5.06. The molecule has 0 saturated carbocycles. The number of benzene rings is 2. The van der Waals surface area contributed by atoms with E-state index < -0.39 is 20.5 Å². The van der Waals surface area contributed by atoms with Gasteiger partial charge >= 0.3 is 5.76 Å². The Morgan fingerprint density at radius 1 is 1.00 bits per heavy atom. The maximum absolute atomic E-state index is 12.6. The molecule has 1 amide bonds. The zero-order valence-corrected chi connectivity index (χ0v) is 17.5. The first-order valence-corrected chi connectivity index (χ1v) is 11.1. The number of halogens is 4. The predicted octanol–water partition coefficient (Wildman–Crippen LogP) is 3.95. The Balaban J connectivity index is 1.58. The highest BCUT2D eigenvalue weighted by Crippen LogP contribution is 2.23. The monoisotopic (exact) mass is 462 g/mol. The molecule has 1 fully saturated rings. The van der Waals surface area contributed by atoms with Crippen molar-refractivity contribution in [1.82, 2.24) is 9.80 Å². The van der Waals surface area contributed by atoms with Gasteiger partial charge in [-0.3, -0.25) is 9.69 Å². The van der Waals surface area contributed by atoms with Gasteiger partial charge in [0.1, 0.15) is 0 Å². The number of hydrogen-bond acceptors (Lipinski definition) is 4. The molecule has 29 heavy (non-hydrogen) atoms. The molecule has 0 spiro atoms. The van der Waals surface area contributed by atoms with Crippen molar-refractivity contribution in [2.24, 2.45) is 0 Å². The molecular weight excluding hydrogens is 445 g/mol. The second kappa shape index (κ2) is 8.95. The first-order chi connectivity index (χ1) is 13.7. The minimum absolute atomic E-state index is 0.159. The smallest absolute Gasteiger partial charge is 0.336 e. The van der Waals surface area contributed by atoms with Crippen LogP contribution in [0.5, 0.6) is 0 Å². The Morgan fingerprint density at radius 3 is 2.17 bits per heavy atom. The maximum atomic E-state index is 12.6. The van der Waals surface area contributed by atoms with Gasteiger partial charge in [-0.15, -0.1) is 0 Å². The summed E-state index contributed by atoms with van der Waals surface area (Å²) in [5.74, 6) is -3.60. The Kier molecular flexibility index (Phi) is 6.78. The summed E-state index contributed by atoms with van der Waals surface area (Å²) in [4.78, 5) is 16.1. The zero-order chi connectivity index (χ0) is 21.2. The van der Waals surface area contributed by atoms with Crippen LogP contribution in [0.4, 0.5) is 8.78 Å². The molecule has 1 aliphatic rings. The van der Waals surface area contributed by atoms with Crippen LogP contribution in [0.3, 0.4) is 0 Å². The fraction of sp³-hybridized carbons (Fsp3) is 0.316. The van der Waals surface area contributed by atoms with Crippen LogP contribution in [0.2, 0.25) is 10.0 Å². The van der Waals surface area contributed by atoms with E-state index in [1.807, 2.05) is 0 Å². The summed E-state index contributed by atoms with van der Waals surface area (Å²) in [5, 5.41) is 0.771. The van der Waals surface area contributed by atoms with Gasteiger partial charge in [0, 0.05) is 37.7 Å². The highest BCUT2D eigenvalue weighted by Gasteiger charge is 2.27.